The summed E-state index contributed by atoms with van der Waals surface area (Å²) in [4.78, 5) is 6.89. The molecule has 1 aromatic carbocycles. The van der Waals surface area contributed by atoms with Crippen molar-refractivity contribution in [1.29, 1.82) is 0 Å². The minimum atomic E-state index is -0.629. The molecule has 0 spiro atoms. The molecule has 1 heterocycles. The Bertz CT molecular complexity index is 559. The second-order valence-electron chi connectivity index (χ2n) is 7.27. The predicted octanol–water partition coefficient (Wildman–Crippen LogP) is 2.01. The number of hydrogen-bond donors (Lipinski definition) is 3. The van der Waals surface area contributed by atoms with Crippen LogP contribution in [0.3, 0.4) is 0 Å². The van der Waals surface area contributed by atoms with E-state index in [1.54, 1.807) is 0 Å². The van der Waals surface area contributed by atoms with E-state index in [1.165, 1.54) is 6.42 Å². The maximum Gasteiger partial charge on any atom is 0.191 e. The number of benzene rings is 1. The van der Waals surface area contributed by atoms with Crippen molar-refractivity contribution >= 4 is 5.96 Å². The Morgan fingerprint density at radius 3 is 2.62 bits per heavy atom. The van der Waals surface area contributed by atoms with Crippen LogP contribution in [0.15, 0.2) is 29.3 Å². The van der Waals surface area contributed by atoms with Crippen molar-refractivity contribution in [2.24, 2.45) is 10.9 Å². The van der Waals surface area contributed by atoms with Crippen molar-refractivity contribution in [2.45, 2.75) is 39.4 Å². The van der Waals surface area contributed by atoms with Gasteiger partial charge >= 0.3 is 0 Å². The maximum absolute atomic E-state index is 10.4. The van der Waals surface area contributed by atoms with Crippen molar-refractivity contribution in [3.8, 4) is 5.75 Å². The van der Waals surface area contributed by atoms with Gasteiger partial charge in [-0.05, 0) is 64.4 Å². The second-order valence-corrected chi connectivity index (χ2v) is 7.27. The summed E-state index contributed by atoms with van der Waals surface area (Å²) in [6.07, 6.45) is 0.732. The third kappa shape index (κ3) is 6.84. The van der Waals surface area contributed by atoms with Crippen molar-refractivity contribution in [3.05, 3.63) is 29.8 Å². The van der Waals surface area contributed by atoms with Gasteiger partial charge < -0.3 is 25.4 Å². The molecule has 1 saturated heterocycles. The van der Waals surface area contributed by atoms with E-state index in [0.29, 0.717) is 12.5 Å². The molecule has 0 aromatic heterocycles. The van der Waals surface area contributed by atoms with E-state index in [2.05, 4.69) is 27.6 Å². The Morgan fingerprint density at radius 1 is 1.31 bits per heavy atom. The monoisotopic (exact) mass is 362 g/mol. The smallest absolute Gasteiger partial charge is 0.191 e. The van der Waals surface area contributed by atoms with E-state index < -0.39 is 6.10 Å². The van der Waals surface area contributed by atoms with Crippen molar-refractivity contribution < 1.29 is 9.84 Å². The van der Waals surface area contributed by atoms with Gasteiger partial charge in [0, 0.05) is 19.6 Å². The highest BCUT2D eigenvalue weighted by Gasteiger charge is 2.19. The van der Waals surface area contributed by atoms with Gasteiger partial charge in [0.05, 0.1) is 18.8 Å². The second kappa shape index (κ2) is 10.4. The highest BCUT2D eigenvalue weighted by atomic mass is 16.5. The van der Waals surface area contributed by atoms with Gasteiger partial charge in [-0.25, -0.2) is 0 Å². The average Bonchev–Trinajstić information content (AvgIpc) is 3.02. The lowest BCUT2D eigenvalue weighted by Crippen LogP contribution is -2.40. The van der Waals surface area contributed by atoms with Crippen LogP contribution in [-0.2, 0) is 0 Å². The summed E-state index contributed by atoms with van der Waals surface area (Å²) in [5, 5.41) is 17.1. The van der Waals surface area contributed by atoms with E-state index in [4.69, 9.17) is 4.74 Å². The van der Waals surface area contributed by atoms with Gasteiger partial charge in [0.1, 0.15) is 5.75 Å². The molecule has 0 amide bonds. The van der Waals surface area contributed by atoms with Crippen LogP contribution < -0.4 is 15.4 Å². The lowest BCUT2D eigenvalue weighted by atomic mass is 10.1. The molecule has 146 valence electrons. The number of rotatable bonds is 8. The Balaban J connectivity index is 1.86. The van der Waals surface area contributed by atoms with Crippen LogP contribution in [0.1, 0.15) is 38.9 Å². The molecule has 2 rings (SSSR count). The molecule has 1 fully saturated rings. The lowest BCUT2D eigenvalue weighted by molar-refractivity contribution is 0.186. The Morgan fingerprint density at radius 2 is 2.04 bits per heavy atom. The highest BCUT2D eigenvalue weighted by Crippen LogP contribution is 2.19. The Labute approximate surface area is 157 Å². The minimum absolute atomic E-state index is 0.142. The summed E-state index contributed by atoms with van der Waals surface area (Å²) in [5.41, 5.74) is 0.845. The molecular formula is C20H34N4O2. The maximum atomic E-state index is 10.4. The zero-order chi connectivity index (χ0) is 18.9. The zero-order valence-electron chi connectivity index (χ0n) is 16.5. The lowest BCUT2D eigenvalue weighted by Gasteiger charge is -2.16. The van der Waals surface area contributed by atoms with E-state index >= 15 is 0 Å². The Hall–Kier alpha value is -1.79. The fourth-order valence-electron chi connectivity index (χ4n) is 3.10. The van der Waals surface area contributed by atoms with Crippen LogP contribution in [0.4, 0.5) is 0 Å². The van der Waals surface area contributed by atoms with Gasteiger partial charge in [-0.2, -0.15) is 0 Å². The molecule has 0 saturated carbocycles. The fraction of sp³-hybridized carbons (Fsp3) is 0.650. The number of nitrogens with one attached hydrogen (secondary N) is 2. The zero-order valence-corrected chi connectivity index (χ0v) is 16.5. The van der Waals surface area contributed by atoms with Crippen molar-refractivity contribution in [1.82, 2.24) is 15.5 Å². The highest BCUT2D eigenvalue weighted by molar-refractivity contribution is 5.79. The van der Waals surface area contributed by atoms with Gasteiger partial charge in [-0.15, -0.1) is 0 Å². The first kappa shape index (κ1) is 20.5. The first-order valence-corrected chi connectivity index (χ1v) is 9.63. The molecule has 3 N–H and O–H groups in total. The van der Waals surface area contributed by atoms with Crippen LogP contribution in [0, 0.1) is 5.92 Å². The minimum Gasteiger partial charge on any atom is -0.491 e. The van der Waals surface area contributed by atoms with Gasteiger partial charge in [0.2, 0.25) is 0 Å². The van der Waals surface area contributed by atoms with E-state index in [1.807, 2.05) is 45.0 Å². The third-order valence-electron chi connectivity index (χ3n) is 4.45. The molecule has 6 nitrogen and oxygen atoms in total. The van der Waals surface area contributed by atoms with Crippen molar-refractivity contribution in [3.63, 3.8) is 0 Å². The predicted molar refractivity (Wildman–Crippen MR) is 107 cm³/mol. The van der Waals surface area contributed by atoms with Crippen LogP contribution in [0.25, 0.3) is 0 Å². The van der Waals surface area contributed by atoms with E-state index in [-0.39, 0.29) is 6.10 Å². The number of ether oxygens (including phenoxy) is 1. The molecule has 0 radical (unpaired) electrons. The summed E-state index contributed by atoms with van der Waals surface area (Å²) in [5.74, 6) is 2.24. The number of aliphatic hydroxyl groups is 1. The van der Waals surface area contributed by atoms with E-state index in [9.17, 15) is 5.11 Å². The van der Waals surface area contributed by atoms with Gasteiger partial charge in [-0.3, -0.25) is 4.99 Å². The summed E-state index contributed by atoms with van der Waals surface area (Å²) in [6.45, 7) is 10.4. The molecule has 6 heteroatoms. The molecule has 2 atom stereocenters. The van der Waals surface area contributed by atoms with Gasteiger partial charge in [0.15, 0.2) is 5.96 Å². The number of nitrogens with zero attached hydrogens (tertiary/aromatic N) is 2. The Kier molecular flexibility index (Phi) is 8.19. The quantitative estimate of drug-likeness (QED) is 0.488. The molecule has 0 bridgehead atoms. The number of guanidine groups is 1. The molecule has 0 aliphatic carbocycles. The summed E-state index contributed by atoms with van der Waals surface area (Å²) in [6, 6.07) is 7.57. The molecular weight excluding hydrogens is 328 g/mol. The molecule has 2 unspecified atom stereocenters. The van der Waals surface area contributed by atoms with Crippen LogP contribution in [-0.4, -0.2) is 61.8 Å². The van der Waals surface area contributed by atoms with Crippen LogP contribution >= 0.6 is 0 Å². The molecule has 26 heavy (non-hydrogen) atoms. The summed E-state index contributed by atoms with van der Waals surface area (Å²) >= 11 is 0. The first-order chi connectivity index (χ1) is 12.5. The van der Waals surface area contributed by atoms with E-state index in [0.717, 1.165) is 43.5 Å². The SMILES string of the molecule is CCNC(=NCC(O)c1ccc(OC(C)C)cc1)NCC1CCN(C)C1. The number of aliphatic hydroxyl groups excluding tert-OH is 1. The molecule has 1 aliphatic rings. The standard InChI is InChI=1S/C20H34N4O2/c1-5-21-20(22-12-16-10-11-24(4)14-16)23-13-19(25)17-6-8-18(9-7-17)26-15(2)3/h6-9,15-16,19,25H,5,10-14H2,1-4H3,(H2,21,22,23). The van der Waals surface area contributed by atoms with Gasteiger partial charge in [0.25, 0.3) is 0 Å². The summed E-state index contributed by atoms with van der Waals surface area (Å²) in [7, 11) is 2.16. The molecule has 1 aromatic rings. The normalized spacial score (nSPS) is 19.6. The average molecular weight is 363 g/mol. The van der Waals surface area contributed by atoms with Crippen LogP contribution in [0.2, 0.25) is 0 Å². The number of hydrogen-bond acceptors (Lipinski definition) is 4. The largest absolute Gasteiger partial charge is 0.491 e. The topological polar surface area (TPSA) is 69.1 Å². The number of aliphatic imine (C=N–C) groups is 1. The third-order valence-corrected chi connectivity index (χ3v) is 4.45. The number of likely N-dealkylation sites (tertiary alicyclic amines) is 1. The molecule has 1 aliphatic heterocycles. The summed E-state index contributed by atoms with van der Waals surface area (Å²) < 4.78 is 5.63. The van der Waals surface area contributed by atoms with Gasteiger partial charge in [-0.1, -0.05) is 12.1 Å². The van der Waals surface area contributed by atoms with Crippen LogP contribution in [0.5, 0.6) is 5.75 Å². The first-order valence-electron chi connectivity index (χ1n) is 9.63. The fourth-order valence-corrected chi connectivity index (χ4v) is 3.10. The van der Waals surface area contributed by atoms with Crippen molar-refractivity contribution in [2.75, 3.05) is 39.8 Å².